The van der Waals surface area contributed by atoms with Crippen LogP contribution in [0.2, 0.25) is 0 Å². The molecule has 118 valence electrons. The van der Waals surface area contributed by atoms with Gasteiger partial charge in [-0.3, -0.25) is 4.79 Å². The Morgan fingerprint density at radius 1 is 0.958 bits per heavy atom. The molecule has 1 rings (SSSR count). The van der Waals surface area contributed by atoms with Gasteiger partial charge < -0.3 is 5.11 Å². The zero-order valence-corrected chi connectivity index (χ0v) is 15.3. The first-order valence-electron chi connectivity index (χ1n) is 6.90. The van der Waals surface area contributed by atoms with Crippen molar-refractivity contribution in [3.8, 4) is 65.0 Å². The highest BCUT2D eigenvalue weighted by atomic mass is 79.9. The normalized spacial score (nSPS) is 6.83. The van der Waals surface area contributed by atoms with Crippen molar-refractivity contribution in [1.29, 1.82) is 0 Å². The molecule has 0 bridgehead atoms. The maximum atomic E-state index is 10.5. The highest BCUT2D eigenvalue weighted by Gasteiger charge is 2.04. The number of aldehydes is 1. The van der Waals surface area contributed by atoms with E-state index in [-0.39, 0.29) is 5.75 Å². The van der Waals surface area contributed by atoms with Crippen LogP contribution >= 0.6 is 15.9 Å². The number of hydrogen-bond acceptors (Lipinski definition) is 2. The predicted molar refractivity (Wildman–Crippen MR) is 101 cm³/mol. The Morgan fingerprint density at radius 2 is 1.42 bits per heavy atom. The molecule has 0 amide bonds. The fraction of sp³-hybridized carbons (Fsp3) is 0.190. The number of halogens is 1. The van der Waals surface area contributed by atoms with Crippen LogP contribution in [0.5, 0.6) is 5.75 Å². The summed E-state index contributed by atoms with van der Waals surface area (Å²) in [5, 5.41) is 9.37. The molecule has 0 saturated carbocycles. The number of carbonyl (C=O) groups is 1. The Morgan fingerprint density at radius 3 is 1.79 bits per heavy atom. The van der Waals surface area contributed by atoms with Crippen molar-refractivity contribution in [2.45, 2.75) is 27.2 Å². The number of hydrogen-bond donors (Lipinski definition) is 1. The van der Waals surface area contributed by atoms with Gasteiger partial charge in [-0.2, -0.15) is 0 Å². The molecule has 0 atom stereocenters. The van der Waals surface area contributed by atoms with E-state index >= 15 is 0 Å². The van der Waals surface area contributed by atoms with E-state index in [1.807, 2.05) is 6.92 Å². The fourth-order valence-electron chi connectivity index (χ4n) is 1.31. The van der Waals surface area contributed by atoms with Crippen LogP contribution in [-0.4, -0.2) is 11.4 Å². The van der Waals surface area contributed by atoms with Gasteiger partial charge in [0.25, 0.3) is 0 Å². The molecular weight excluding hydrogens is 364 g/mol. The lowest BCUT2D eigenvalue weighted by molar-refractivity contribution is 0.112. The molecule has 0 heterocycles. The van der Waals surface area contributed by atoms with Crippen LogP contribution in [0.15, 0.2) is 16.6 Å². The molecule has 1 aromatic carbocycles. The highest BCUT2D eigenvalue weighted by molar-refractivity contribution is 9.10. The summed E-state index contributed by atoms with van der Waals surface area (Å²) in [6.45, 7) is 5.37. The van der Waals surface area contributed by atoms with Crippen molar-refractivity contribution < 1.29 is 9.90 Å². The van der Waals surface area contributed by atoms with Crippen LogP contribution in [0.25, 0.3) is 0 Å². The lowest BCUT2D eigenvalue weighted by Gasteiger charge is -2.03. The van der Waals surface area contributed by atoms with Gasteiger partial charge in [0.15, 0.2) is 6.29 Å². The topological polar surface area (TPSA) is 37.3 Å². The van der Waals surface area contributed by atoms with Crippen LogP contribution in [0.4, 0.5) is 0 Å². The predicted octanol–water partition coefficient (Wildman–Crippen LogP) is 3.57. The van der Waals surface area contributed by atoms with E-state index in [4.69, 9.17) is 0 Å². The van der Waals surface area contributed by atoms with Gasteiger partial charge in [0.05, 0.1) is 0 Å². The zero-order chi connectivity index (χ0) is 18.2. The average molecular weight is 379 g/mol. The summed E-state index contributed by atoms with van der Waals surface area (Å²) in [5.74, 6) is 25.8. The molecule has 0 aliphatic rings. The van der Waals surface area contributed by atoms with Crippen LogP contribution < -0.4 is 0 Å². The van der Waals surface area contributed by atoms with Gasteiger partial charge >= 0.3 is 0 Å². The van der Waals surface area contributed by atoms with E-state index < -0.39 is 0 Å². The number of carbonyl (C=O) groups excluding carboxylic acids is 1. The average Bonchev–Trinajstić information content (AvgIpc) is 2.58. The zero-order valence-electron chi connectivity index (χ0n) is 13.7. The standard InChI is InChI=1S/C12H6.C9H9BrO2/c1-3-5-7-9-11-12-10-8-6-4-2;1-2-6-3-7(5-11)8(10)4-9(6)12/h1-2H3;3-5,12H,2H2,1H3. The first-order valence-corrected chi connectivity index (χ1v) is 7.70. The smallest absolute Gasteiger partial charge is 0.151 e. The lowest BCUT2D eigenvalue weighted by atomic mass is 10.1. The summed E-state index contributed by atoms with van der Waals surface area (Å²) in [4.78, 5) is 10.5. The Kier molecular flexibility index (Phi) is 11.9. The molecule has 1 aromatic rings. The molecule has 0 fully saturated rings. The van der Waals surface area contributed by atoms with Crippen LogP contribution in [0.1, 0.15) is 36.7 Å². The second-order valence-electron chi connectivity index (χ2n) is 3.97. The molecule has 0 unspecified atom stereocenters. The molecule has 0 aliphatic heterocycles. The minimum Gasteiger partial charge on any atom is -0.508 e. The van der Waals surface area contributed by atoms with Gasteiger partial charge in [-0.1, -0.05) is 18.8 Å². The number of phenols is 1. The molecule has 0 saturated heterocycles. The monoisotopic (exact) mass is 378 g/mol. The Hall–Kier alpha value is -3.03. The van der Waals surface area contributed by atoms with E-state index in [0.29, 0.717) is 10.0 Å². The van der Waals surface area contributed by atoms with Crippen molar-refractivity contribution in [3.05, 3.63) is 27.7 Å². The molecule has 1 N–H and O–H groups in total. The van der Waals surface area contributed by atoms with Crippen molar-refractivity contribution in [1.82, 2.24) is 0 Å². The first-order chi connectivity index (χ1) is 11.6. The van der Waals surface area contributed by atoms with Crippen molar-refractivity contribution >= 4 is 22.2 Å². The van der Waals surface area contributed by atoms with E-state index in [1.54, 1.807) is 26.0 Å². The van der Waals surface area contributed by atoms with Gasteiger partial charge in [-0.25, -0.2) is 0 Å². The maximum Gasteiger partial charge on any atom is 0.151 e. The Balaban J connectivity index is 0.000000441. The van der Waals surface area contributed by atoms with Gasteiger partial charge in [0.2, 0.25) is 0 Å². The second-order valence-corrected chi connectivity index (χ2v) is 4.83. The quantitative estimate of drug-likeness (QED) is 0.630. The number of phenolic OH excluding ortho intramolecular Hbond substituents is 1. The SMILES string of the molecule is CC#CC#CC#CC#CC#CC.CCc1cc(C=O)c(Br)cc1O. The highest BCUT2D eigenvalue weighted by Crippen LogP contribution is 2.25. The summed E-state index contributed by atoms with van der Waals surface area (Å²) < 4.78 is 0.632. The minimum absolute atomic E-state index is 0.231. The number of aryl methyl sites for hydroxylation is 1. The first kappa shape index (κ1) is 21.0. The summed E-state index contributed by atoms with van der Waals surface area (Å²) in [7, 11) is 0. The molecule has 3 heteroatoms. The van der Waals surface area contributed by atoms with E-state index in [2.05, 4.69) is 75.1 Å². The van der Waals surface area contributed by atoms with Crippen LogP contribution in [0, 0.1) is 59.2 Å². The Labute approximate surface area is 152 Å². The third-order valence-corrected chi connectivity index (χ3v) is 3.08. The van der Waals surface area contributed by atoms with E-state index in [1.165, 1.54) is 0 Å². The van der Waals surface area contributed by atoms with E-state index in [9.17, 15) is 9.90 Å². The van der Waals surface area contributed by atoms with Gasteiger partial charge in [-0.05, 0) is 101 Å². The molecule has 0 radical (unpaired) electrons. The van der Waals surface area contributed by atoms with Gasteiger partial charge in [-0.15, -0.1) is 0 Å². The van der Waals surface area contributed by atoms with Gasteiger partial charge in [0, 0.05) is 10.0 Å². The van der Waals surface area contributed by atoms with Crippen molar-refractivity contribution in [2.24, 2.45) is 0 Å². The third kappa shape index (κ3) is 9.08. The molecule has 2 nitrogen and oxygen atoms in total. The van der Waals surface area contributed by atoms with Crippen LogP contribution in [-0.2, 0) is 6.42 Å². The molecule has 0 aliphatic carbocycles. The molecule has 0 aromatic heterocycles. The Bertz CT molecular complexity index is 842. The maximum absolute atomic E-state index is 10.5. The molecule has 0 spiro atoms. The number of rotatable bonds is 2. The molecular formula is C21H15BrO2. The summed E-state index contributed by atoms with van der Waals surface area (Å²) in [5.41, 5.74) is 1.37. The molecule has 24 heavy (non-hydrogen) atoms. The number of benzene rings is 1. The lowest BCUT2D eigenvalue weighted by Crippen LogP contribution is -1.88. The van der Waals surface area contributed by atoms with Gasteiger partial charge in [0.1, 0.15) is 5.75 Å². The fourth-order valence-corrected chi connectivity index (χ4v) is 1.74. The second kappa shape index (κ2) is 13.6. The summed E-state index contributed by atoms with van der Waals surface area (Å²) in [6, 6.07) is 3.23. The third-order valence-electron chi connectivity index (χ3n) is 2.39. The largest absolute Gasteiger partial charge is 0.508 e. The minimum atomic E-state index is 0.231. The number of aromatic hydroxyl groups is 1. The summed E-state index contributed by atoms with van der Waals surface area (Å²) in [6.07, 6.45) is 1.49. The summed E-state index contributed by atoms with van der Waals surface area (Å²) >= 11 is 3.18. The van der Waals surface area contributed by atoms with Crippen molar-refractivity contribution in [2.75, 3.05) is 0 Å². The van der Waals surface area contributed by atoms with Crippen molar-refractivity contribution in [3.63, 3.8) is 0 Å². The van der Waals surface area contributed by atoms with Crippen LogP contribution in [0.3, 0.4) is 0 Å². The van der Waals surface area contributed by atoms with E-state index in [0.717, 1.165) is 18.3 Å².